The lowest BCUT2D eigenvalue weighted by atomic mass is 10.1. The molecule has 2 aliphatic rings. The first-order valence-electron chi connectivity index (χ1n) is 10.4. The largest absolute Gasteiger partial charge is 0.486 e. The van der Waals surface area contributed by atoms with Crippen LogP contribution in [0.25, 0.3) is 0 Å². The normalized spacial score (nSPS) is 16.6. The monoisotopic (exact) mass is 395 g/mol. The van der Waals surface area contributed by atoms with Crippen molar-refractivity contribution in [1.82, 2.24) is 4.90 Å². The van der Waals surface area contributed by atoms with Gasteiger partial charge in [-0.1, -0.05) is 13.0 Å². The van der Waals surface area contributed by atoms with Gasteiger partial charge in [-0.05, 0) is 54.9 Å². The molecule has 6 nitrogen and oxygen atoms in total. The number of ether oxygens (including phenoxy) is 2. The SMILES string of the molecule is CCN1CCN(c2ccc(NC(=O)Cc3ccc4c(c3)OCCO4)c(C)c2)CC1. The van der Waals surface area contributed by atoms with E-state index < -0.39 is 0 Å². The molecular formula is C23H29N3O3. The van der Waals surface area contributed by atoms with Gasteiger partial charge in [0, 0.05) is 37.6 Å². The van der Waals surface area contributed by atoms with E-state index in [9.17, 15) is 4.79 Å². The fraction of sp³-hybridized carbons (Fsp3) is 0.435. The molecule has 4 rings (SSSR count). The standard InChI is InChI=1S/C23H29N3O3/c1-3-25-8-10-26(11-9-25)19-5-6-20(17(2)14-19)24-23(27)16-18-4-7-21-22(15-18)29-13-12-28-21/h4-7,14-15H,3,8-13,16H2,1-2H3,(H,24,27). The lowest BCUT2D eigenvalue weighted by Gasteiger charge is -2.35. The van der Waals surface area contributed by atoms with Gasteiger partial charge in [0.15, 0.2) is 11.5 Å². The molecule has 2 aliphatic heterocycles. The van der Waals surface area contributed by atoms with Crippen molar-refractivity contribution in [3.63, 3.8) is 0 Å². The van der Waals surface area contributed by atoms with Crippen LogP contribution in [0.4, 0.5) is 11.4 Å². The number of anilines is 2. The van der Waals surface area contributed by atoms with Crippen molar-refractivity contribution in [3.8, 4) is 11.5 Å². The van der Waals surface area contributed by atoms with Crippen molar-refractivity contribution in [2.75, 3.05) is 56.2 Å². The lowest BCUT2D eigenvalue weighted by molar-refractivity contribution is -0.115. The maximum Gasteiger partial charge on any atom is 0.228 e. The number of rotatable bonds is 5. The first-order chi connectivity index (χ1) is 14.1. The zero-order chi connectivity index (χ0) is 20.2. The molecule has 29 heavy (non-hydrogen) atoms. The molecule has 0 spiro atoms. The molecule has 1 amide bonds. The van der Waals surface area contributed by atoms with Crippen molar-refractivity contribution in [2.45, 2.75) is 20.3 Å². The molecule has 1 N–H and O–H groups in total. The first-order valence-corrected chi connectivity index (χ1v) is 10.4. The molecule has 0 saturated carbocycles. The molecule has 0 radical (unpaired) electrons. The number of fused-ring (bicyclic) bond motifs is 1. The summed E-state index contributed by atoms with van der Waals surface area (Å²) in [5, 5.41) is 3.05. The number of aryl methyl sites for hydroxylation is 1. The van der Waals surface area contributed by atoms with Crippen molar-refractivity contribution in [3.05, 3.63) is 47.5 Å². The molecule has 154 valence electrons. The predicted molar refractivity (Wildman–Crippen MR) is 115 cm³/mol. The van der Waals surface area contributed by atoms with Crippen molar-refractivity contribution in [2.24, 2.45) is 0 Å². The van der Waals surface area contributed by atoms with E-state index in [2.05, 4.69) is 34.2 Å². The van der Waals surface area contributed by atoms with Crippen molar-refractivity contribution < 1.29 is 14.3 Å². The highest BCUT2D eigenvalue weighted by atomic mass is 16.6. The number of piperazine rings is 1. The van der Waals surface area contributed by atoms with Gasteiger partial charge in [0.05, 0.1) is 6.42 Å². The molecule has 0 aliphatic carbocycles. The van der Waals surface area contributed by atoms with E-state index in [1.807, 2.05) is 31.2 Å². The molecule has 2 aromatic rings. The summed E-state index contributed by atoms with van der Waals surface area (Å²) in [6.45, 7) is 10.8. The van der Waals surface area contributed by atoms with Crippen LogP contribution in [0.15, 0.2) is 36.4 Å². The maximum atomic E-state index is 12.6. The van der Waals surface area contributed by atoms with E-state index in [1.165, 1.54) is 5.69 Å². The molecule has 0 bridgehead atoms. The third-order valence-corrected chi connectivity index (χ3v) is 5.64. The summed E-state index contributed by atoms with van der Waals surface area (Å²) in [6, 6.07) is 12.0. The summed E-state index contributed by atoms with van der Waals surface area (Å²) < 4.78 is 11.1. The van der Waals surface area contributed by atoms with Gasteiger partial charge in [0.2, 0.25) is 5.91 Å². The third kappa shape index (κ3) is 4.65. The number of carbonyl (C=O) groups excluding carboxylic acids is 1. The second-order valence-corrected chi connectivity index (χ2v) is 7.62. The van der Waals surface area contributed by atoms with Gasteiger partial charge < -0.3 is 24.6 Å². The predicted octanol–water partition coefficient (Wildman–Crippen LogP) is 3.09. The van der Waals surface area contributed by atoms with Gasteiger partial charge in [-0.15, -0.1) is 0 Å². The van der Waals surface area contributed by atoms with Gasteiger partial charge in [-0.25, -0.2) is 0 Å². The van der Waals surface area contributed by atoms with Gasteiger partial charge in [0.25, 0.3) is 0 Å². The number of carbonyl (C=O) groups is 1. The van der Waals surface area contributed by atoms with Crippen molar-refractivity contribution in [1.29, 1.82) is 0 Å². The highest BCUT2D eigenvalue weighted by molar-refractivity contribution is 5.93. The highest BCUT2D eigenvalue weighted by Crippen LogP contribution is 2.31. The van der Waals surface area contributed by atoms with Crippen LogP contribution < -0.4 is 19.7 Å². The number of nitrogens with zero attached hydrogens (tertiary/aromatic N) is 2. The number of hydrogen-bond acceptors (Lipinski definition) is 5. The van der Waals surface area contributed by atoms with E-state index in [0.717, 1.165) is 55.3 Å². The number of benzene rings is 2. The Bertz CT molecular complexity index is 876. The van der Waals surface area contributed by atoms with Gasteiger partial charge >= 0.3 is 0 Å². The van der Waals surface area contributed by atoms with Crippen molar-refractivity contribution >= 4 is 17.3 Å². The Morgan fingerprint density at radius 3 is 2.48 bits per heavy atom. The third-order valence-electron chi connectivity index (χ3n) is 5.64. The average molecular weight is 396 g/mol. The van der Waals surface area contributed by atoms with E-state index in [-0.39, 0.29) is 5.91 Å². The lowest BCUT2D eigenvalue weighted by Crippen LogP contribution is -2.46. The van der Waals surface area contributed by atoms with E-state index in [4.69, 9.17) is 9.47 Å². The quantitative estimate of drug-likeness (QED) is 0.843. The summed E-state index contributed by atoms with van der Waals surface area (Å²) in [7, 11) is 0. The Labute approximate surface area is 172 Å². The fourth-order valence-corrected chi connectivity index (χ4v) is 3.88. The minimum absolute atomic E-state index is 0.0333. The maximum absolute atomic E-state index is 12.6. The second kappa shape index (κ2) is 8.74. The van der Waals surface area contributed by atoms with Gasteiger partial charge in [-0.3, -0.25) is 4.79 Å². The molecule has 1 saturated heterocycles. The smallest absolute Gasteiger partial charge is 0.228 e. The molecule has 0 unspecified atom stereocenters. The number of likely N-dealkylation sites (N-methyl/N-ethyl adjacent to an activating group) is 1. The summed E-state index contributed by atoms with van der Waals surface area (Å²) in [5.74, 6) is 1.42. The number of nitrogens with one attached hydrogen (secondary N) is 1. The van der Waals surface area contributed by atoms with E-state index in [0.29, 0.717) is 25.4 Å². The molecular weight excluding hydrogens is 366 g/mol. The Morgan fingerprint density at radius 1 is 1.00 bits per heavy atom. The van der Waals surface area contributed by atoms with Crippen LogP contribution in [0.5, 0.6) is 11.5 Å². The van der Waals surface area contributed by atoms with E-state index >= 15 is 0 Å². The number of hydrogen-bond donors (Lipinski definition) is 1. The molecule has 2 aromatic carbocycles. The summed E-state index contributed by atoms with van der Waals surface area (Å²) in [6.07, 6.45) is 0.302. The molecule has 2 heterocycles. The summed E-state index contributed by atoms with van der Waals surface area (Å²) >= 11 is 0. The Morgan fingerprint density at radius 2 is 1.76 bits per heavy atom. The van der Waals surface area contributed by atoms with Crippen LogP contribution in [-0.2, 0) is 11.2 Å². The van der Waals surface area contributed by atoms with E-state index in [1.54, 1.807) is 0 Å². The summed E-state index contributed by atoms with van der Waals surface area (Å²) in [5.41, 5.74) is 4.08. The van der Waals surface area contributed by atoms with Crippen LogP contribution in [0.2, 0.25) is 0 Å². The molecule has 0 atom stereocenters. The highest BCUT2D eigenvalue weighted by Gasteiger charge is 2.17. The Kier molecular flexibility index (Phi) is 5.90. The van der Waals surface area contributed by atoms with Crippen LogP contribution in [-0.4, -0.2) is 56.7 Å². The zero-order valence-electron chi connectivity index (χ0n) is 17.2. The topological polar surface area (TPSA) is 54.0 Å². The van der Waals surface area contributed by atoms with Crippen LogP contribution >= 0.6 is 0 Å². The minimum Gasteiger partial charge on any atom is -0.486 e. The molecule has 1 fully saturated rings. The van der Waals surface area contributed by atoms with Crippen LogP contribution in [0.1, 0.15) is 18.1 Å². The number of amides is 1. The summed E-state index contributed by atoms with van der Waals surface area (Å²) in [4.78, 5) is 17.4. The van der Waals surface area contributed by atoms with Crippen LogP contribution in [0, 0.1) is 6.92 Å². The van der Waals surface area contributed by atoms with Crippen LogP contribution in [0.3, 0.4) is 0 Å². The molecule has 6 heteroatoms. The first kappa shape index (κ1) is 19.6. The Balaban J connectivity index is 1.37. The molecule has 0 aromatic heterocycles. The average Bonchev–Trinajstić information content (AvgIpc) is 2.75. The van der Waals surface area contributed by atoms with Gasteiger partial charge in [0.1, 0.15) is 13.2 Å². The fourth-order valence-electron chi connectivity index (χ4n) is 3.88. The zero-order valence-corrected chi connectivity index (χ0v) is 17.2. The minimum atomic E-state index is -0.0333. The Hall–Kier alpha value is -2.73. The van der Waals surface area contributed by atoms with Gasteiger partial charge in [-0.2, -0.15) is 0 Å². The second-order valence-electron chi connectivity index (χ2n) is 7.62.